The van der Waals surface area contributed by atoms with Gasteiger partial charge in [0.15, 0.2) is 0 Å². The number of hydrogen-bond donors (Lipinski definition) is 2. The van der Waals surface area contributed by atoms with Crippen LogP contribution in [0.15, 0.2) is 6.20 Å². The molecule has 1 aliphatic heterocycles. The van der Waals surface area contributed by atoms with Crippen molar-refractivity contribution in [2.24, 2.45) is 0 Å². The monoisotopic (exact) mass is 280 g/mol. The van der Waals surface area contributed by atoms with Crippen molar-refractivity contribution in [1.82, 2.24) is 20.4 Å². The summed E-state index contributed by atoms with van der Waals surface area (Å²) in [6, 6.07) is 0.00942. The summed E-state index contributed by atoms with van der Waals surface area (Å²) in [5.74, 6) is -0.0689. The van der Waals surface area contributed by atoms with Crippen molar-refractivity contribution in [1.29, 1.82) is 0 Å². The third kappa shape index (κ3) is 3.37. The molecule has 1 fully saturated rings. The van der Waals surface area contributed by atoms with E-state index in [2.05, 4.69) is 22.7 Å². The molecule has 0 aromatic carbocycles. The molecule has 0 spiro atoms. The molecule has 1 saturated heterocycles. The standard InChI is InChI=1S/C14H24N4O2/c1-4-7-18-9-11(10(2)17-18)14(19)16-12-8-15-6-5-13(12)20-3/h9,12-13,15H,4-8H2,1-3H3,(H,16,19)/t12-,13+/m0/s1. The van der Waals surface area contributed by atoms with E-state index in [-0.39, 0.29) is 18.1 Å². The van der Waals surface area contributed by atoms with Crippen LogP contribution in [0.25, 0.3) is 0 Å². The van der Waals surface area contributed by atoms with Crippen molar-refractivity contribution < 1.29 is 9.53 Å². The maximum absolute atomic E-state index is 12.4. The van der Waals surface area contributed by atoms with Crippen LogP contribution < -0.4 is 10.6 Å². The molecule has 6 nitrogen and oxygen atoms in total. The molecule has 6 heteroatoms. The van der Waals surface area contributed by atoms with Gasteiger partial charge in [-0.1, -0.05) is 6.92 Å². The summed E-state index contributed by atoms with van der Waals surface area (Å²) in [5, 5.41) is 10.7. The van der Waals surface area contributed by atoms with Gasteiger partial charge in [0.1, 0.15) is 0 Å². The Labute approximate surface area is 119 Å². The minimum absolute atomic E-state index is 0.00942. The lowest BCUT2D eigenvalue weighted by Gasteiger charge is -2.31. The zero-order chi connectivity index (χ0) is 14.5. The summed E-state index contributed by atoms with van der Waals surface area (Å²) < 4.78 is 7.27. The van der Waals surface area contributed by atoms with Gasteiger partial charge in [0.25, 0.3) is 5.91 Å². The first kappa shape index (κ1) is 15.0. The molecule has 1 amide bonds. The summed E-state index contributed by atoms with van der Waals surface area (Å²) in [6.45, 7) is 6.46. The van der Waals surface area contributed by atoms with E-state index >= 15 is 0 Å². The van der Waals surface area contributed by atoms with Crippen LogP contribution in [0.5, 0.6) is 0 Å². The van der Waals surface area contributed by atoms with Crippen LogP contribution >= 0.6 is 0 Å². The lowest BCUT2D eigenvalue weighted by Crippen LogP contribution is -2.54. The summed E-state index contributed by atoms with van der Waals surface area (Å²) >= 11 is 0. The fraction of sp³-hybridized carbons (Fsp3) is 0.714. The molecule has 0 bridgehead atoms. The minimum Gasteiger partial charge on any atom is -0.379 e. The third-order valence-corrected chi connectivity index (χ3v) is 3.68. The Hall–Kier alpha value is -1.40. The average Bonchev–Trinajstić information content (AvgIpc) is 2.81. The zero-order valence-electron chi connectivity index (χ0n) is 12.5. The van der Waals surface area contributed by atoms with E-state index < -0.39 is 0 Å². The van der Waals surface area contributed by atoms with Gasteiger partial charge in [-0.2, -0.15) is 5.10 Å². The van der Waals surface area contributed by atoms with Gasteiger partial charge < -0.3 is 15.4 Å². The highest BCUT2D eigenvalue weighted by atomic mass is 16.5. The lowest BCUT2D eigenvalue weighted by atomic mass is 10.0. The van der Waals surface area contributed by atoms with Gasteiger partial charge in [-0.15, -0.1) is 0 Å². The summed E-state index contributed by atoms with van der Waals surface area (Å²) in [6.07, 6.45) is 3.81. The molecule has 2 atom stereocenters. The predicted octanol–water partition coefficient (Wildman–Crippen LogP) is 0.708. The molecule has 1 aliphatic rings. The Balaban J connectivity index is 2.03. The molecule has 112 valence electrons. The topological polar surface area (TPSA) is 68.2 Å². The molecular formula is C14H24N4O2. The SMILES string of the molecule is CCCn1cc(C(=O)N[C@H]2CNCC[C@H]2OC)c(C)n1. The number of aromatic nitrogens is 2. The van der Waals surface area contributed by atoms with Crippen LogP contribution in [0.4, 0.5) is 0 Å². The van der Waals surface area contributed by atoms with Gasteiger partial charge in [0.05, 0.1) is 23.4 Å². The number of rotatable bonds is 5. The van der Waals surface area contributed by atoms with Crippen LogP contribution in [-0.4, -0.2) is 48.0 Å². The number of piperidine rings is 1. The van der Waals surface area contributed by atoms with E-state index in [1.165, 1.54) is 0 Å². The van der Waals surface area contributed by atoms with Crippen molar-refractivity contribution in [3.8, 4) is 0 Å². The number of hydrogen-bond acceptors (Lipinski definition) is 4. The molecule has 0 unspecified atom stereocenters. The molecule has 2 N–H and O–H groups in total. The van der Waals surface area contributed by atoms with Crippen molar-refractivity contribution in [3.63, 3.8) is 0 Å². The van der Waals surface area contributed by atoms with E-state index in [1.807, 2.05) is 17.8 Å². The number of nitrogens with zero attached hydrogens (tertiary/aromatic N) is 2. The van der Waals surface area contributed by atoms with Crippen LogP contribution in [0.1, 0.15) is 35.8 Å². The van der Waals surface area contributed by atoms with Crippen LogP contribution in [-0.2, 0) is 11.3 Å². The second-order valence-corrected chi connectivity index (χ2v) is 5.24. The van der Waals surface area contributed by atoms with E-state index in [1.54, 1.807) is 7.11 Å². The first-order valence-corrected chi connectivity index (χ1v) is 7.24. The fourth-order valence-electron chi connectivity index (χ4n) is 2.59. The normalized spacial score (nSPS) is 22.8. The van der Waals surface area contributed by atoms with E-state index in [0.29, 0.717) is 5.56 Å². The molecule has 0 saturated carbocycles. The number of amides is 1. The fourth-order valence-corrected chi connectivity index (χ4v) is 2.59. The highest BCUT2D eigenvalue weighted by Crippen LogP contribution is 2.11. The molecule has 1 aromatic heterocycles. The van der Waals surface area contributed by atoms with Gasteiger partial charge in [0, 0.05) is 26.4 Å². The molecule has 20 heavy (non-hydrogen) atoms. The molecule has 2 rings (SSSR count). The first-order valence-electron chi connectivity index (χ1n) is 7.24. The third-order valence-electron chi connectivity index (χ3n) is 3.68. The highest BCUT2D eigenvalue weighted by Gasteiger charge is 2.27. The summed E-state index contributed by atoms with van der Waals surface area (Å²) in [4.78, 5) is 12.4. The predicted molar refractivity (Wildman–Crippen MR) is 76.8 cm³/mol. The Bertz CT molecular complexity index is 458. The molecule has 0 aliphatic carbocycles. The Kier molecular flexibility index (Phi) is 5.14. The second-order valence-electron chi connectivity index (χ2n) is 5.24. The lowest BCUT2D eigenvalue weighted by molar-refractivity contribution is 0.0448. The second kappa shape index (κ2) is 6.85. The molecular weight excluding hydrogens is 256 g/mol. The zero-order valence-corrected chi connectivity index (χ0v) is 12.5. The quantitative estimate of drug-likeness (QED) is 0.833. The largest absolute Gasteiger partial charge is 0.379 e. The van der Waals surface area contributed by atoms with Gasteiger partial charge in [-0.25, -0.2) is 0 Å². The van der Waals surface area contributed by atoms with E-state index in [9.17, 15) is 4.79 Å². The van der Waals surface area contributed by atoms with Gasteiger partial charge in [-0.05, 0) is 26.3 Å². The smallest absolute Gasteiger partial charge is 0.255 e. The minimum atomic E-state index is -0.0689. The maximum atomic E-state index is 12.4. The van der Waals surface area contributed by atoms with Crippen LogP contribution in [0.3, 0.4) is 0 Å². The molecule has 0 radical (unpaired) electrons. The molecule has 2 heterocycles. The highest BCUT2D eigenvalue weighted by molar-refractivity contribution is 5.95. The number of carbonyl (C=O) groups excluding carboxylic acids is 1. The summed E-state index contributed by atoms with van der Waals surface area (Å²) in [7, 11) is 1.69. The van der Waals surface area contributed by atoms with Gasteiger partial charge in [0.2, 0.25) is 0 Å². The number of carbonyl (C=O) groups is 1. The Morgan fingerprint density at radius 3 is 3.15 bits per heavy atom. The Morgan fingerprint density at radius 1 is 1.65 bits per heavy atom. The number of ether oxygens (including phenoxy) is 1. The van der Waals surface area contributed by atoms with Crippen LogP contribution in [0, 0.1) is 6.92 Å². The van der Waals surface area contributed by atoms with Crippen molar-refractivity contribution in [3.05, 3.63) is 17.5 Å². The number of aryl methyl sites for hydroxylation is 2. The average molecular weight is 280 g/mol. The van der Waals surface area contributed by atoms with Crippen molar-refractivity contribution >= 4 is 5.91 Å². The summed E-state index contributed by atoms with van der Waals surface area (Å²) in [5.41, 5.74) is 1.42. The Morgan fingerprint density at radius 2 is 2.45 bits per heavy atom. The van der Waals surface area contributed by atoms with Gasteiger partial charge in [-0.3, -0.25) is 9.48 Å². The first-order chi connectivity index (χ1) is 9.65. The van der Waals surface area contributed by atoms with Crippen molar-refractivity contribution in [2.45, 2.75) is 45.4 Å². The number of methoxy groups -OCH3 is 1. The van der Waals surface area contributed by atoms with Gasteiger partial charge >= 0.3 is 0 Å². The molecule has 1 aromatic rings. The number of nitrogens with one attached hydrogen (secondary N) is 2. The van der Waals surface area contributed by atoms with E-state index in [0.717, 1.165) is 38.2 Å². The van der Waals surface area contributed by atoms with Crippen molar-refractivity contribution in [2.75, 3.05) is 20.2 Å². The van der Waals surface area contributed by atoms with Crippen LogP contribution in [0.2, 0.25) is 0 Å². The van der Waals surface area contributed by atoms with E-state index in [4.69, 9.17) is 4.74 Å². The maximum Gasteiger partial charge on any atom is 0.255 e.